The predicted molar refractivity (Wildman–Crippen MR) is 112 cm³/mol. The number of ether oxygens (including phenoxy) is 1. The summed E-state index contributed by atoms with van der Waals surface area (Å²) < 4.78 is 6.91. The van der Waals surface area contributed by atoms with E-state index in [1.807, 2.05) is 36.4 Å². The van der Waals surface area contributed by atoms with Crippen LogP contribution >= 0.6 is 0 Å². The third-order valence-electron chi connectivity index (χ3n) is 4.65. The second-order valence-electron chi connectivity index (χ2n) is 6.35. The quantitative estimate of drug-likeness (QED) is 0.547. The molecule has 0 radical (unpaired) electrons. The van der Waals surface area contributed by atoms with Gasteiger partial charge >= 0.3 is 0 Å². The highest BCUT2D eigenvalue weighted by Gasteiger charge is 2.16. The van der Waals surface area contributed by atoms with Crippen molar-refractivity contribution in [1.29, 1.82) is 0 Å². The molecule has 2 heterocycles. The van der Waals surface area contributed by atoms with Crippen molar-refractivity contribution in [3.63, 3.8) is 0 Å². The molecule has 4 rings (SSSR count). The normalized spacial score (nSPS) is 10.4. The molecule has 0 aliphatic heterocycles. The molecule has 142 valence electrons. The number of nitrogens with zero attached hydrogens (tertiary/aromatic N) is 3. The number of amides is 1. The molecule has 6 nitrogen and oxygen atoms in total. The first kappa shape index (κ1) is 18.3. The number of fused-ring (bicyclic) bond motifs is 1. The maximum absolute atomic E-state index is 12.0. The van der Waals surface area contributed by atoms with Gasteiger partial charge in [-0.2, -0.15) is 5.10 Å². The lowest BCUT2D eigenvalue weighted by molar-refractivity contribution is 0.100. The number of methoxy groups -OCH3 is 1. The van der Waals surface area contributed by atoms with Crippen LogP contribution < -0.4 is 10.5 Å². The maximum atomic E-state index is 12.0. The van der Waals surface area contributed by atoms with Gasteiger partial charge in [0.2, 0.25) is 5.88 Å². The Labute approximate surface area is 167 Å². The molecule has 6 heteroatoms. The lowest BCUT2D eigenvalue weighted by atomic mass is 10.0. The third kappa shape index (κ3) is 3.30. The number of primary amides is 1. The first-order valence-corrected chi connectivity index (χ1v) is 8.96. The number of pyridine rings is 1. The van der Waals surface area contributed by atoms with Crippen LogP contribution in [0.5, 0.6) is 5.88 Å². The Morgan fingerprint density at radius 3 is 2.59 bits per heavy atom. The zero-order chi connectivity index (χ0) is 20.4. The fourth-order valence-electron chi connectivity index (χ4n) is 3.27. The van der Waals surface area contributed by atoms with E-state index in [0.29, 0.717) is 17.0 Å². The van der Waals surface area contributed by atoms with E-state index in [9.17, 15) is 4.79 Å². The molecule has 0 saturated carbocycles. The second kappa shape index (κ2) is 7.49. The molecule has 0 atom stereocenters. The van der Waals surface area contributed by atoms with Crippen molar-refractivity contribution in [1.82, 2.24) is 14.8 Å². The van der Waals surface area contributed by atoms with Gasteiger partial charge in [-0.1, -0.05) is 18.1 Å². The molecule has 0 saturated heterocycles. The topological polar surface area (TPSA) is 83.0 Å². The van der Waals surface area contributed by atoms with Crippen LogP contribution in [0, 0.1) is 11.8 Å². The number of carbonyl (C=O) groups is 1. The minimum atomic E-state index is -0.506. The van der Waals surface area contributed by atoms with E-state index in [4.69, 9.17) is 10.5 Å². The van der Waals surface area contributed by atoms with Crippen LogP contribution in [0.4, 0.5) is 0 Å². The van der Waals surface area contributed by atoms with Crippen LogP contribution in [0.25, 0.3) is 27.7 Å². The van der Waals surface area contributed by atoms with Gasteiger partial charge in [0.1, 0.15) is 0 Å². The average Bonchev–Trinajstić information content (AvgIpc) is 3.19. The summed E-state index contributed by atoms with van der Waals surface area (Å²) in [7, 11) is 1.59. The smallest absolute Gasteiger partial charge is 0.250 e. The van der Waals surface area contributed by atoms with Gasteiger partial charge in [0.25, 0.3) is 5.91 Å². The molecule has 0 bridgehead atoms. The molecule has 2 aromatic carbocycles. The van der Waals surface area contributed by atoms with E-state index < -0.39 is 5.91 Å². The number of rotatable bonds is 4. The molecule has 1 amide bonds. The fourth-order valence-corrected chi connectivity index (χ4v) is 3.27. The van der Waals surface area contributed by atoms with E-state index in [1.54, 1.807) is 43.2 Å². The molecule has 0 aliphatic carbocycles. The number of hydrogen-bond donors (Lipinski definition) is 1. The molecule has 0 fully saturated rings. The summed E-state index contributed by atoms with van der Waals surface area (Å²) in [6.07, 6.45) is 3.42. The van der Waals surface area contributed by atoms with E-state index in [-0.39, 0.29) is 0 Å². The number of nitrogens with two attached hydrogens (primary N) is 1. The monoisotopic (exact) mass is 382 g/mol. The van der Waals surface area contributed by atoms with Crippen molar-refractivity contribution in [2.75, 3.05) is 7.11 Å². The zero-order valence-corrected chi connectivity index (χ0v) is 16.0. The van der Waals surface area contributed by atoms with Crippen LogP contribution in [0.15, 0.2) is 60.9 Å². The SMILES string of the molecule is CC#Cc1ccc(C(N)=O)c2c1cnn2-c1ccc(-c2ccnc(OC)c2)cc1. The third-order valence-corrected chi connectivity index (χ3v) is 4.65. The molecule has 0 aliphatic rings. The molecule has 29 heavy (non-hydrogen) atoms. The number of benzene rings is 2. The maximum Gasteiger partial charge on any atom is 0.250 e. The Balaban J connectivity index is 1.83. The Bertz CT molecular complexity index is 1280. The predicted octanol–water partition coefficient (Wildman–Crippen LogP) is 3.57. The van der Waals surface area contributed by atoms with Crippen LogP contribution in [0.2, 0.25) is 0 Å². The minimum Gasteiger partial charge on any atom is -0.481 e. The number of carbonyl (C=O) groups excluding carboxylic acids is 1. The first-order valence-electron chi connectivity index (χ1n) is 8.96. The van der Waals surface area contributed by atoms with Gasteiger partial charge < -0.3 is 10.5 Å². The summed E-state index contributed by atoms with van der Waals surface area (Å²) in [4.78, 5) is 16.1. The Hall–Kier alpha value is -4.11. The van der Waals surface area contributed by atoms with Crippen molar-refractivity contribution in [3.8, 4) is 34.5 Å². The summed E-state index contributed by atoms with van der Waals surface area (Å²) >= 11 is 0. The largest absolute Gasteiger partial charge is 0.481 e. The van der Waals surface area contributed by atoms with E-state index in [0.717, 1.165) is 27.8 Å². The molecule has 0 spiro atoms. The fraction of sp³-hybridized carbons (Fsp3) is 0.0870. The van der Waals surface area contributed by atoms with E-state index in [1.165, 1.54) is 0 Å². The van der Waals surface area contributed by atoms with Crippen LogP contribution in [0.3, 0.4) is 0 Å². The molecule has 0 unspecified atom stereocenters. The van der Waals surface area contributed by atoms with Crippen molar-refractivity contribution < 1.29 is 9.53 Å². The van der Waals surface area contributed by atoms with Crippen molar-refractivity contribution in [2.24, 2.45) is 5.73 Å². The Morgan fingerprint density at radius 2 is 1.90 bits per heavy atom. The van der Waals surface area contributed by atoms with Gasteiger partial charge in [0.15, 0.2) is 0 Å². The summed E-state index contributed by atoms with van der Waals surface area (Å²) in [5.41, 5.74) is 10.3. The van der Waals surface area contributed by atoms with Crippen molar-refractivity contribution >= 4 is 16.8 Å². The lowest BCUT2D eigenvalue weighted by Crippen LogP contribution is -2.13. The first-order chi connectivity index (χ1) is 14.1. The summed E-state index contributed by atoms with van der Waals surface area (Å²) in [5.74, 6) is 5.99. The lowest BCUT2D eigenvalue weighted by Gasteiger charge is -2.09. The van der Waals surface area contributed by atoms with Gasteiger partial charge in [0, 0.05) is 23.2 Å². The Kier molecular flexibility index (Phi) is 4.71. The van der Waals surface area contributed by atoms with Gasteiger partial charge in [-0.05, 0) is 48.4 Å². The molecule has 2 N–H and O–H groups in total. The molecular weight excluding hydrogens is 364 g/mol. The van der Waals surface area contributed by atoms with Gasteiger partial charge in [-0.25, -0.2) is 9.67 Å². The number of hydrogen-bond acceptors (Lipinski definition) is 4. The van der Waals surface area contributed by atoms with E-state index >= 15 is 0 Å². The van der Waals surface area contributed by atoms with Crippen LogP contribution in [-0.2, 0) is 0 Å². The summed E-state index contributed by atoms with van der Waals surface area (Å²) in [6, 6.07) is 15.1. The van der Waals surface area contributed by atoms with Gasteiger partial charge in [-0.3, -0.25) is 4.79 Å². The van der Waals surface area contributed by atoms with Gasteiger partial charge in [-0.15, -0.1) is 5.92 Å². The standard InChI is InChI=1S/C23H18N4O2/c1-3-4-16-7-10-19(23(24)28)22-20(16)14-26-27(22)18-8-5-15(6-9-18)17-11-12-25-21(13-17)29-2/h5-14H,1-2H3,(H2,24,28). The van der Waals surface area contributed by atoms with Crippen LogP contribution in [0.1, 0.15) is 22.8 Å². The average molecular weight is 382 g/mol. The van der Waals surface area contributed by atoms with Crippen molar-refractivity contribution in [2.45, 2.75) is 6.92 Å². The highest BCUT2D eigenvalue weighted by Crippen LogP contribution is 2.27. The minimum absolute atomic E-state index is 0.405. The second-order valence-corrected chi connectivity index (χ2v) is 6.35. The van der Waals surface area contributed by atoms with Crippen LogP contribution in [-0.4, -0.2) is 27.8 Å². The highest BCUT2D eigenvalue weighted by molar-refractivity contribution is 6.06. The number of aromatic nitrogens is 3. The summed E-state index contributed by atoms with van der Waals surface area (Å²) in [5, 5.41) is 5.28. The summed E-state index contributed by atoms with van der Waals surface area (Å²) in [6.45, 7) is 1.77. The van der Waals surface area contributed by atoms with Crippen molar-refractivity contribution in [3.05, 3.63) is 72.1 Å². The molecular formula is C23H18N4O2. The molecule has 4 aromatic rings. The van der Waals surface area contributed by atoms with Gasteiger partial charge in [0.05, 0.1) is 30.1 Å². The zero-order valence-electron chi connectivity index (χ0n) is 16.0. The molecule has 2 aromatic heterocycles. The van der Waals surface area contributed by atoms with E-state index in [2.05, 4.69) is 21.9 Å². The Morgan fingerprint density at radius 1 is 1.10 bits per heavy atom. The highest BCUT2D eigenvalue weighted by atomic mass is 16.5.